The van der Waals surface area contributed by atoms with Crippen molar-refractivity contribution in [2.45, 2.75) is 32.1 Å². The fourth-order valence-corrected chi connectivity index (χ4v) is 3.03. The number of likely N-dealkylation sites (tertiary alicyclic amines) is 1. The van der Waals surface area contributed by atoms with Crippen LogP contribution in [-0.4, -0.2) is 41.6 Å². The average Bonchev–Trinajstić information content (AvgIpc) is 2.55. The van der Waals surface area contributed by atoms with Gasteiger partial charge in [0.2, 0.25) is 0 Å². The molecule has 2 rings (SSSR count). The van der Waals surface area contributed by atoms with E-state index in [4.69, 9.17) is 16.7 Å². The van der Waals surface area contributed by atoms with E-state index in [1.54, 1.807) is 17.0 Å². The lowest BCUT2D eigenvalue weighted by molar-refractivity contribution is -0.143. The van der Waals surface area contributed by atoms with Crippen LogP contribution in [0.4, 0.5) is 9.18 Å². The van der Waals surface area contributed by atoms with E-state index < -0.39 is 17.2 Å². The third-order valence-corrected chi connectivity index (χ3v) is 4.79. The summed E-state index contributed by atoms with van der Waals surface area (Å²) in [6.07, 6.45) is 0.907. The summed E-state index contributed by atoms with van der Waals surface area (Å²) >= 11 is 5.82. The van der Waals surface area contributed by atoms with Crippen molar-refractivity contribution < 1.29 is 19.1 Å². The Balaban J connectivity index is 1.93. The minimum Gasteiger partial charge on any atom is -0.481 e. The van der Waals surface area contributed by atoms with Gasteiger partial charge in [-0.25, -0.2) is 9.18 Å². The van der Waals surface area contributed by atoms with E-state index in [9.17, 15) is 14.0 Å². The highest BCUT2D eigenvalue weighted by atomic mass is 35.5. The molecule has 0 aliphatic carbocycles. The zero-order valence-electron chi connectivity index (χ0n) is 13.8. The molecule has 2 N–H and O–H groups in total. The Labute approximate surface area is 145 Å². The molecule has 132 valence electrons. The number of nitrogens with one attached hydrogen (secondary N) is 1. The minimum atomic E-state index is -0.812. The molecule has 1 aliphatic rings. The molecule has 2 amide bonds. The van der Waals surface area contributed by atoms with Crippen molar-refractivity contribution >= 4 is 23.6 Å². The SMILES string of the molecule is CC(C)(CNC(=O)N1CCC(C(=O)O)CC1)c1cccc(Cl)c1F. The van der Waals surface area contributed by atoms with Gasteiger partial charge in [-0.15, -0.1) is 0 Å². The van der Waals surface area contributed by atoms with E-state index in [0.29, 0.717) is 31.5 Å². The molecule has 0 unspecified atom stereocenters. The number of carboxylic acid groups (broad SMARTS) is 1. The predicted molar refractivity (Wildman–Crippen MR) is 89.8 cm³/mol. The molecule has 1 heterocycles. The maximum Gasteiger partial charge on any atom is 0.317 e. The molecule has 0 atom stereocenters. The average molecular weight is 357 g/mol. The number of halogens is 2. The first-order valence-electron chi connectivity index (χ1n) is 7.92. The summed E-state index contributed by atoms with van der Waals surface area (Å²) in [5.41, 5.74) is -0.177. The topological polar surface area (TPSA) is 69.6 Å². The number of aliphatic carboxylic acids is 1. The maximum absolute atomic E-state index is 14.2. The molecule has 0 saturated carbocycles. The summed E-state index contributed by atoms with van der Waals surface area (Å²) < 4.78 is 14.2. The summed E-state index contributed by atoms with van der Waals surface area (Å²) in [6.45, 7) is 4.74. The van der Waals surface area contributed by atoms with Crippen LogP contribution in [0.2, 0.25) is 5.02 Å². The highest BCUT2D eigenvalue weighted by Crippen LogP contribution is 2.29. The summed E-state index contributed by atoms with van der Waals surface area (Å²) in [7, 11) is 0. The Morgan fingerprint density at radius 1 is 1.38 bits per heavy atom. The lowest BCUT2D eigenvalue weighted by Crippen LogP contribution is -2.48. The molecule has 1 aromatic rings. The molecule has 0 aromatic heterocycles. The van der Waals surface area contributed by atoms with Gasteiger partial charge < -0.3 is 15.3 Å². The summed E-state index contributed by atoms with van der Waals surface area (Å²) in [4.78, 5) is 24.8. The number of rotatable bonds is 4. The van der Waals surface area contributed by atoms with Gasteiger partial charge in [0.1, 0.15) is 5.82 Å². The molecular formula is C17H22ClFN2O3. The smallest absolute Gasteiger partial charge is 0.317 e. The third-order valence-electron chi connectivity index (χ3n) is 4.49. The fraction of sp³-hybridized carbons (Fsp3) is 0.529. The standard InChI is InChI=1S/C17H22ClFN2O3/c1-17(2,12-4-3-5-13(18)14(12)19)10-20-16(24)21-8-6-11(7-9-21)15(22)23/h3-5,11H,6-10H2,1-2H3,(H,20,24)(H,22,23). The first-order chi connectivity index (χ1) is 11.2. The van der Waals surface area contributed by atoms with E-state index in [1.165, 1.54) is 6.07 Å². The van der Waals surface area contributed by atoms with Crippen LogP contribution in [0.5, 0.6) is 0 Å². The van der Waals surface area contributed by atoms with Gasteiger partial charge in [-0.05, 0) is 24.5 Å². The van der Waals surface area contributed by atoms with Gasteiger partial charge >= 0.3 is 12.0 Å². The molecule has 1 aromatic carbocycles. The molecule has 1 aliphatic heterocycles. The first-order valence-corrected chi connectivity index (χ1v) is 8.30. The molecular weight excluding hydrogens is 335 g/mol. The van der Waals surface area contributed by atoms with Crippen LogP contribution in [-0.2, 0) is 10.2 Å². The van der Waals surface area contributed by atoms with Crippen molar-refractivity contribution in [3.05, 3.63) is 34.6 Å². The van der Waals surface area contributed by atoms with Crippen molar-refractivity contribution in [2.24, 2.45) is 5.92 Å². The van der Waals surface area contributed by atoms with Crippen LogP contribution < -0.4 is 5.32 Å². The highest BCUT2D eigenvalue weighted by Gasteiger charge is 2.29. The Hall–Kier alpha value is -1.82. The number of benzene rings is 1. The zero-order chi connectivity index (χ0) is 17.9. The molecule has 24 heavy (non-hydrogen) atoms. The largest absolute Gasteiger partial charge is 0.481 e. The summed E-state index contributed by atoms with van der Waals surface area (Å²) in [6, 6.07) is 4.57. The minimum absolute atomic E-state index is 0.0580. The first kappa shape index (κ1) is 18.5. The Kier molecular flexibility index (Phi) is 5.70. The van der Waals surface area contributed by atoms with Crippen molar-refractivity contribution in [1.82, 2.24) is 10.2 Å². The molecule has 0 radical (unpaired) electrons. The van der Waals surface area contributed by atoms with Crippen molar-refractivity contribution in [2.75, 3.05) is 19.6 Å². The lowest BCUT2D eigenvalue weighted by Gasteiger charge is -2.32. The van der Waals surface area contributed by atoms with Gasteiger partial charge in [0.25, 0.3) is 0 Å². The van der Waals surface area contributed by atoms with Gasteiger partial charge in [0.15, 0.2) is 0 Å². The van der Waals surface area contributed by atoms with Crippen molar-refractivity contribution in [3.63, 3.8) is 0 Å². The van der Waals surface area contributed by atoms with E-state index >= 15 is 0 Å². The lowest BCUT2D eigenvalue weighted by atomic mass is 9.84. The molecule has 1 fully saturated rings. The number of hydrogen-bond acceptors (Lipinski definition) is 2. The van der Waals surface area contributed by atoms with Crippen LogP contribution in [0.3, 0.4) is 0 Å². The second-order valence-electron chi connectivity index (χ2n) is 6.74. The molecule has 0 bridgehead atoms. The van der Waals surface area contributed by atoms with Crippen LogP contribution in [0.15, 0.2) is 18.2 Å². The van der Waals surface area contributed by atoms with Gasteiger partial charge in [-0.2, -0.15) is 0 Å². The second kappa shape index (κ2) is 7.38. The molecule has 7 heteroatoms. The normalized spacial score (nSPS) is 16.1. The van der Waals surface area contributed by atoms with E-state index in [1.807, 2.05) is 13.8 Å². The number of urea groups is 1. The van der Waals surface area contributed by atoms with Crippen molar-refractivity contribution in [3.8, 4) is 0 Å². The van der Waals surface area contributed by atoms with Gasteiger partial charge in [-0.3, -0.25) is 4.79 Å². The third kappa shape index (κ3) is 4.17. The number of nitrogens with zero attached hydrogens (tertiary/aromatic N) is 1. The quantitative estimate of drug-likeness (QED) is 0.870. The Bertz CT molecular complexity index is 628. The number of carboxylic acids is 1. The number of carbonyl (C=O) groups is 2. The Morgan fingerprint density at radius 2 is 2.00 bits per heavy atom. The van der Waals surface area contributed by atoms with E-state index in [0.717, 1.165) is 0 Å². The van der Waals surface area contributed by atoms with Crippen LogP contribution in [0, 0.1) is 11.7 Å². The number of piperidine rings is 1. The molecule has 5 nitrogen and oxygen atoms in total. The summed E-state index contributed by atoms with van der Waals surface area (Å²) in [5.74, 6) is -1.67. The second-order valence-corrected chi connectivity index (χ2v) is 7.15. The Morgan fingerprint density at radius 3 is 2.58 bits per heavy atom. The summed E-state index contributed by atoms with van der Waals surface area (Å²) in [5, 5.41) is 11.9. The maximum atomic E-state index is 14.2. The highest BCUT2D eigenvalue weighted by molar-refractivity contribution is 6.30. The number of carbonyl (C=O) groups excluding carboxylic acids is 1. The van der Waals surface area contributed by atoms with Crippen LogP contribution >= 0.6 is 11.6 Å². The number of hydrogen-bond donors (Lipinski definition) is 2. The molecule has 1 saturated heterocycles. The van der Waals surface area contributed by atoms with Crippen molar-refractivity contribution in [1.29, 1.82) is 0 Å². The molecule has 0 spiro atoms. The predicted octanol–water partition coefficient (Wildman–Crippen LogP) is 3.26. The van der Waals surface area contributed by atoms with Gasteiger partial charge in [0, 0.05) is 25.0 Å². The monoisotopic (exact) mass is 356 g/mol. The van der Waals surface area contributed by atoms with E-state index in [2.05, 4.69) is 5.32 Å². The van der Waals surface area contributed by atoms with Gasteiger partial charge in [-0.1, -0.05) is 37.6 Å². The van der Waals surface area contributed by atoms with Crippen LogP contribution in [0.25, 0.3) is 0 Å². The fourth-order valence-electron chi connectivity index (χ4n) is 2.86. The number of amides is 2. The van der Waals surface area contributed by atoms with Crippen LogP contribution in [0.1, 0.15) is 32.3 Å². The van der Waals surface area contributed by atoms with Gasteiger partial charge in [0.05, 0.1) is 10.9 Å². The van der Waals surface area contributed by atoms with E-state index in [-0.39, 0.29) is 23.5 Å². The zero-order valence-corrected chi connectivity index (χ0v) is 14.6.